The Hall–Kier alpha value is -0.200. The normalized spacial score (nSPS) is 39.4. The van der Waals surface area contributed by atoms with Gasteiger partial charge in [-0.05, 0) is 11.8 Å². The van der Waals surface area contributed by atoms with E-state index in [0.29, 0.717) is 13.0 Å². The van der Waals surface area contributed by atoms with E-state index in [4.69, 9.17) is 9.47 Å². The van der Waals surface area contributed by atoms with E-state index in [1.54, 1.807) is 0 Å². The Morgan fingerprint density at radius 2 is 1.65 bits per heavy atom. The zero-order valence-corrected chi connectivity index (χ0v) is 11.0. The predicted molar refractivity (Wildman–Crippen MR) is 62.4 cm³/mol. The first kappa shape index (κ1) is 14.9. The maximum absolute atomic E-state index is 9.76. The van der Waals surface area contributed by atoms with Gasteiger partial charge in [0.15, 0.2) is 6.29 Å². The Balaban J connectivity index is 2.59. The van der Waals surface area contributed by atoms with Gasteiger partial charge in [0.25, 0.3) is 0 Å². The lowest BCUT2D eigenvalue weighted by molar-refractivity contribution is -0.301. The first-order chi connectivity index (χ1) is 7.76. The minimum Gasteiger partial charge on any atom is -0.388 e. The Morgan fingerprint density at radius 3 is 2.12 bits per heavy atom. The molecule has 102 valence electrons. The predicted octanol–water partition coefficient (Wildman–Crippen LogP) is 0.267. The first-order valence-electron chi connectivity index (χ1n) is 6.07. The smallest absolute Gasteiger partial charge is 0.186 e. The molecule has 1 aliphatic heterocycles. The average Bonchev–Trinajstić information content (AvgIpc) is 2.24. The molecule has 0 aromatic heterocycles. The lowest BCUT2D eigenvalue weighted by Crippen LogP contribution is -2.58. The zero-order chi connectivity index (χ0) is 13.2. The highest BCUT2D eigenvalue weighted by molar-refractivity contribution is 4.88. The van der Waals surface area contributed by atoms with Gasteiger partial charge < -0.3 is 24.8 Å². The van der Waals surface area contributed by atoms with Crippen LogP contribution in [0.4, 0.5) is 0 Å². The molecular formula is C12H24O5. The highest BCUT2D eigenvalue weighted by atomic mass is 16.7. The monoisotopic (exact) mass is 248 g/mol. The van der Waals surface area contributed by atoms with Gasteiger partial charge >= 0.3 is 0 Å². The molecule has 0 aromatic carbocycles. The molecule has 3 N–H and O–H groups in total. The molecule has 1 heterocycles. The van der Waals surface area contributed by atoms with Gasteiger partial charge in [-0.3, -0.25) is 0 Å². The summed E-state index contributed by atoms with van der Waals surface area (Å²) < 4.78 is 10.9. The summed E-state index contributed by atoms with van der Waals surface area (Å²) in [6, 6.07) is 0. The van der Waals surface area contributed by atoms with E-state index in [1.807, 2.05) is 27.7 Å². The highest BCUT2D eigenvalue weighted by Gasteiger charge is 2.43. The van der Waals surface area contributed by atoms with Crippen LogP contribution in [-0.4, -0.2) is 52.6 Å². The van der Waals surface area contributed by atoms with Crippen LogP contribution in [0.1, 0.15) is 34.1 Å². The fourth-order valence-corrected chi connectivity index (χ4v) is 1.72. The minimum absolute atomic E-state index is 0.0498. The van der Waals surface area contributed by atoms with Crippen molar-refractivity contribution in [3.8, 4) is 0 Å². The molecule has 5 heteroatoms. The van der Waals surface area contributed by atoms with Gasteiger partial charge in [-0.15, -0.1) is 0 Å². The first-order valence-corrected chi connectivity index (χ1v) is 6.07. The fourth-order valence-electron chi connectivity index (χ4n) is 1.72. The summed E-state index contributed by atoms with van der Waals surface area (Å²) in [4.78, 5) is 0. The largest absolute Gasteiger partial charge is 0.388 e. The van der Waals surface area contributed by atoms with Crippen LogP contribution in [0.2, 0.25) is 0 Å². The van der Waals surface area contributed by atoms with Gasteiger partial charge in [0.2, 0.25) is 0 Å². The van der Waals surface area contributed by atoms with Gasteiger partial charge in [-0.1, -0.05) is 27.7 Å². The molecule has 17 heavy (non-hydrogen) atoms. The average molecular weight is 248 g/mol. The van der Waals surface area contributed by atoms with Crippen molar-refractivity contribution in [1.29, 1.82) is 0 Å². The van der Waals surface area contributed by atoms with Crippen molar-refractivity contribution in [2.75, 3.05) is 6.61 Å². The molecule has 0 aliphatic carbocycles. The second kappa shape index (κ2) is 5.63. The molecular weight excluding hydrogens is 224 g/mol. The van der Waals surface area contributed by atoms with Crippen LogP contribution in [0.3, 0.4) is 0 Å². The Labute approximate surface area is 102 Å². The van der Waals surface area contributed by atoms with Gasteiger partial charge in [0.05, 0.1) is 12.7 Å². The number of hydrogen-bond acceptors (Lipinski definition) is 5. The molecule has 1 saturated heterocycles. The third-order valence-electron chi connectivity index (χ3n) is 2.75. The van der Waals surface area contributed by atoms with E-state index >= 15 is 0 Å². The Morgan fingerprint density at radius 1 is 1.06 bits per heavy atom. The second-order valence-corrected chi connectivity index (χ2v) is 5.79. The van der Waals surface area contributed by atoms with Crippen molar-refractivity contribution in [3.05, 3.63) is 0 Å². The van der Waals surface area contributed by atoms with Gasteiger partial charge in [-0.25, -0.2) is 0 Å². The lowest BCUT2D eigenvalue weighted by atomic mass is 9.96. The van der Waals surface area contributed by atoms with Crippen LogP contribution in [0.5, 0.6) is 0 Å². The summed E-state index contributed by atoms with van der Waals surface area (Å²) in [6.45, 7) is 8.27. The molecule has 5 unspecified atom stereocenters. The summed E-state index contributed by atoms with van der Waals surface area (Å²) in [5.74, 6) is 0. The van der Waals surface area contributed by atoms with Crippen LogP contribution in [-0.2, 0) is 9.47 Å². The van der Waals surface area contributed by atoms with Crippen LogP contribution >= 0.6 is 0 Å². The summed E-state index contributed by atoms with van der Waals surface area (Å²) in [6.07, 6.45) is -4.32. The van der Waals surface area contributed by atoms with Crippen LogP contribution in [0.25, 0.3) is 0 Å². The highest BCUT2D eigenvalue weighted by Crippen LogP contribution is 2.25. The summed E-state index contributed by atoms with van der Waals surface area (Å²) >= 11 is 0. The van der Waals surface area contributed by atoms with Crippen molar-refractivity contribution in [3.63, 3.8) is 0 Å². The zero-order valence-electron chi connectivity index (χ0n) is 11.0. The van der Waals surface area contributed by atoms with Crippen LogP contribution < -0.4 is 0 Å². The lowest BCUT2D eigenvalue weighted by Gasteiger charge is -2.40. The van der Waals surface area contributed by atoms with E-state index in [-0.39, 0.29) is 5.41 Å². The van der Waals surface area contributed by atoms with E-state index in [9.17, 15) is 15.3 Å². The van der Waals surface area contributed by atoms with Gasteiger partial charge in [0.1, 0.15) is 18.3 Å². The number of aliphatic hydroxyl groups excluding tert-OH is 3. The molecule has 0 radical (unpaired) electrons. The third kappa shape index (κ3) is 3.89. The molecule has 0 amide bonds. The number of hydrogen-bond donors (Lipinski definition) is 3. The summed E-state index contributed by atoms with van der Waals surface area (Å²) in [7, 11) is 0. The van der Waals surface area contributed by atoms with E-state index in [0.717, 1.165) is 0 Å². The molecule has 1 aliphatic rings. The molecule has 0 aromatic rings. The van der Waals surface area contributed by atoms with E-state index in [1.165, 1.54) is 0 Å². The summed E-state index contributed by atoms with van der Waals surface area (Å²) in [5.41, 5.74) is -0.0498. The van der Waals surface area contributed by atoms with E-state index < -0.39 is 30.7 Å². The van der Waals surface area contributed by atoms with Crippen molar-refractivity contribution in [2.45, 2.75) is 64.8 Å². The third-order valence-corrected chi connectivity index (χ3v) is 2.75. The van der Waals surface area contributed by atoms with Crippen molar-refractivity contribution < 1.29 is 24.8 Å². The van der Waals surface area contributed by atoms with Crippen LogP contribution in [0.15, 0.2) is 0 Å². The SMILES string of the molecule is CCC1OC(OCC(C)(C)C)C(O)C(O)C1O. The molecule has 5 atom stereocenters. The fraction of sp³-hybridized carbons (Fsp3) is 1.00. The quantitative estimate of drug-likeness (QED) is 0.668. The van der Waals surface area contributed by atoms with Gasteiger partial charge in [0, 0.05) is 0 Å². The molecule has 5 nitrogen and oxygen atoms in total. The molecule has 0 saturated carbocycles. The molecule has 0 spiro atoms. The minimum atomic E-state index is -1.22. The molecule has 1 fully saturated rings. The van der Waals surface area contributed by atoms with E-state index in [2.05, 4.69) is 0 Å². The van der Waals surface area contributed by atoms with Crippen molar-refractivity contribution in [1.82, 2.24) is 0 Å². The standard InChI is InChI=1S/C12H24O5/c1-5-7-8(13)9(14)10(15)11(17-7)16-6-12(2,3)4/h7-11,13-15H,5-6H2,1-4H3. The number of ether oxygens (including phenoxy) is 2. The number of rotatable bonds is 3. The maximum Gasteiger partial charge on any atom is 0.186 e. The Kier molecular flexibility index (Phi) is 4.92. The van der Waals surface area contributed by atoms with Crippen LogP contribution in [0, 0.1) is 5.41 Å². The second-order valence-electron chi connectivity index (χ2n) is 5.79. The number of aliphatic hydroxyl groups is 3. The van der Waals surface area contributed by atoms with Crippen molar-refractivity contribution >= 4 is 0 Å². The molecule has 0 bridgehead atoms. The van der Waals surface area contributed by atoms with Crippen molar-refractivity contribution in [2.24, 2.45) is 5.41 Å². The maximum atomic E-state index is 9.76. The molecule has 1 rings (SSSR count). The van der Waals surface area contributed by atoms with Gasteiger partial charge in [-0.2, -0.15) is 0 Å². The topological polar surface area (TPSA) is 79.2 Å². The summed E-state index contributed by atoms with van der Waals surface area (Å²) in [5, 5.41) is 29.1. The Bertz CT molecular complexity index is 236.